The number of carbonyl (C=O) groups is 1. The van der Waals surface area contributed by atoms with Crippen molar-refractivity contribution < 1.29 is 9.53 Å². The molecule has 1 amide bonds. The molecule has 0 N–H and O–H groups in total. The van der Waals surface area contributed by atoms with Gasteiger partial charge in [-0.1, -0.05) is 0 Å². The van der Waals surface area contributed by atoms with Gasteiger partial charge in [-0.15, -0.1) is 10.2 Å². The third-order valence-corrected chi connectivity index (χ3v) is 5.82. The van der Waals surface area contributed by atoms with E-state index in [4.69, 9.17) is 4.74 Å². The van der Waals surface area contributed by atoms with E-state index in [1.807, 2.05) is 15.6 Å². The maximum absolute atomic E-state index is 12.8. The van der Waals surface area contributed by atoms with E-state index >= 15 is 0 Å². The van der Waals surface area contributed by atoms with Crippen molar-refractivity contribution in [2.75, 3.05) is 19.7 Å². The average Bonchev–Trinajstić information content (AvgIpc) is 3.32. The Hall–Kier alpha value is -2.22. The van der Waals surface area contributed by atoms with Gasteiger partial charge in [0, 0.05) is 32.0 Å². The summed E-state index contributed by atoms with van der Waals surface area (Å²) in [6, 6.07) is 1.88. The van der Waals surface area contributed by atoms with Crippen molar-refractivity contribution in [3.8, 4) is 0 Å². The van der Waals surface area contributed by atoms with Crippen molar-refractivity contribution in [1.29, 1.82) is 0 Å². The van der Waals surface area contributed by atoms with Crippen LogP contribution in [0.4, 0.5) is 0 Å². The third kappa shape index (κ3) is 2.72. The predicted molar refractivity (Wildman–Crippen MR) is 92.7 cm³/mol. The molecule has 8 heteroatoms. The molecule has 1 saturated heterocycles. The first-order valence-corrected chi connectivity index (χ1v) is 9.65. The second-order valence-electron chi connectivity index (χ2n) is 7.45. The highest BCUT2D eigenvalue weighted by Crippen LogP contribution is 2.29. The van der Waals surface area contributed by atoms with E-state index in [2.05, 4.69) is 19.9 Å². The highest BCUT2D eigenvalue weighted by Gasteiger charge is 2.30. The first-order chi connectivity index (χ1) is 12.8. The Kier molecular flexibility index (Phi) is 4.00. The number of piperidine rings is 1. The minimum atomic E-state index is 0.0358. The van der Waals surface area contributed by atoms with E-state index in [-0.39, 0.29) is 5.91 Å². The van der Waals surface area contributed by atoms with Crippen LogP contribution in [0, 0.1) is 0 Å². The summed E-state index contributed by atoms with van der Waals surface area (Å²) in [5, 5.41) is 13.3. The summed E-state index contributed by atoms with van der Waals surface area (Å²) in [4.78, 5) is 14.7. The SMILES string of the molecule is O=C(c1cc2n(n1)CCOC2)N1CCC(c2nnc3n2CCCC3)CC1. The third-order valence-electron chi connectivity index (χ3n) is 5.82. The Balaban J connectivity index is 1.26. The lowest BCUT2D eigenvalue weighted by Gasteiger charge is -2.31. The van der Waals surface area contributed by atoms with Crippen LogP contribution >= 0.6 is 0 Å². The first-order valence-electron chi connectivity index (χ1n) is 9.65. The van der Waals surface area contributed by atoms with Gasteiger partial charge in [0.2, 0.25) is 0 Å². The number of hydrogen-bond acceptors (Lipinski definition) is 5. The lowest BCUT2D eigenvalue weighted by Crippen LogP contribution is -2.38. The molecular weight excluding hydrogens is 332 g/mol. The van der Waals surface area contributed by atoms with Gasteiger partial charge in [0.15, 0.2) is 5.69 Å². The minimum Gasteiger partial charge on any atom is -0.373 e. The van der Waals surface area contributed by atoms with Gasteiger partial charge in [0.25, 0.3) is 5.91 Å². The van der Waals surface area contributed by atoms with Gasteiger partial charge >= 0.3 is 0 Å². The smallest absolute Gasteiger partial charge is 0.274 e. The van der Waals surface area contributed by atoms with E-state index < -0.39 is 0 Å². The zero-order chi connectivity index (χ0) is 17.5. The second-order valence-corrected chi connectivity index (χ2v) is 7.45. The Labute approximate surface area is 152 Å². The molecule has 2 aromatic rings. The molecule has 3 aliphatic rings. The standard InChI is InChI=1S/C18H24N6O2/c25-18(15-11-14-12-26-10-9-24(14)21-15)22-7-4-13(5-8-22)17-20-19-16-3-1-2-6-23(16)17/h11,13H,1-10,12H2. The van der Waals surface area contributed by atoms with Crippen LogP contribution in [0.25, 0.3) is 0 Å². The van der Waals surface area contributed by atoms with Crippen molar-refractivity contribution >= 4 is 5.91 Å². The molecule has 0 atom stereocenters. The van der Waals surface area contributed by atoms with E-state index in [1.165, 1.54) is 12.8 Å². The molecule has 138 valence electrons. The van der Waals surface area contributed by atoms with Crippen molar-refractivity contribution in [3.05, 3.63) is 29.1 Å². The van der Waals surface area contributed by atoms with Crippen LogP contribution in [0.2, 0.25) is 0 Å². The quantitative estimate of drug-likeness (QED) is 0.812. The summed E-state index contributed by atoms with van der Waals surface area (Å²) in [5.41, 5.74) is 1.54. The molecule has 1 fully saturated rings. The lowest BCUT2D eigenvalue weighted by atomic mass is 9.95. The van der Waals surface area contributed by atoms with Crippen molar-refractivity contribution in [1.82, 2.24) is 29.4 Å². The normalized spacial score (nSPS) is 20.7. The average molecular weight is 356 g/mol. The van der Waals surface area contributed by atoms with Crippen LogP contribution < -0.4 is 0 Å². The molecule has 5 heterocycles. The van der Waals surface area contributed by atoms with Crippen molar-refractivity contribution in [3.63, 3.8) is 0 Å². The number of hydrogen-bond donors (Lipinski definition) is 0. The number of likely N-dealkylation sites (tertiary alicyclic amines) is 1. The van der Waals surface area contributed by atoms with Gasteiger partial charge < -0.3 is 14.2 Å². The fraction of sp³-hybridized carbons (Fsp3) is 0.667. The van der Waals surface area contributed by atoms with Crippen LogP contribution in [0.15, 0.2) is 6.07 Å². The number of nitrogens with zero attached hydrogens (tertiary/aromatic N) is 6. The molecule has 0 aromatic carbocycles. The van der Waals surface area contributed by atoms with Gasteiger partial charge in [-0.05, 0) is 31.7 Å². The summed E-state index contributed by atoms with van der Waals surface area (Å²) in [6.45, 7) is 4.48. The molecule has 0 unspecified atom stereocenters. The molecule has 2 aromatic heterocycles. The Morgan fingerprint density at radius 3 is 2.85 bits per heavy atom. The van der Waals surface area contributed by atoms with Gasteiger partial charge in [-0.25, -0.2) is 0 Å². The van der Waals surface area contributed by atoms with Crippen LogP contribution in [-0.2, 0) is 30.9 Å². The molecule has 8 nitrogen and oxygen atoms in total. The van der Waals surface area contributed by atoms with E-state index in [0.29, 0.717) is 24.8 Å². The largest absolute Gasteiger partial charge is 0.373 e. The molecular formula is C18H24N6O2. The predicted octanol–water partition coefficient (Wildman–Crippen LogP) is 1.36. The van der Waals surface area contributed by atoms with Gasteiger partial charge in [-0.2, -0.15) is 5.10 Å². The second kappa shape index (κ2) is 6.50. The maximum atomic E-state index is 12.8. The molecule has 0 saturated carbocycles. The summed E-state index contributed by atoms with van der Waals surface area (Å²) < 4.78 is 9.64. The molecule has 3 aliphatic heterocycles. The maximum Gasteiger partial charge on any atom is 0.274 e. The number of amides is 1. The molecule has 0 aliphatic carbocycles. The number of aryl methyl sites for hydroxylation is 1. The van der Waals surface area contributed by atoms with Crippen LogP contribution in [-0.4, -0.2) is 55.0 Å². The number of fused-ring (bicyclic) bond motifs is 2. The number of aromatic nitrogens is 5. The highest BCUT2D eigenvalue weighted by molar-refractivity contribution is 5.92. The van der Waals surface area contributed by atoms with Crippen LogP contribution in [0.1, 0.15) is 59.4 Å². The molecule has 0 radical (unpaired) electrons. The topological polar surface area (TPSA) is 78.1 Å². The molecule has 5 rings (SSSR count). The Bertz CT molecular complexity index is 794. The van der Waals surface area contributed by atoms with Crippen molar-refractivity contribution in [2.24, 2.45) is 0 Å². The Morgan fingerprint density at radius 1 is 1.12 bits per heavy atom. The van der Waals surface area contributed by atoms with E-state index in [1.54, 1.807) is 0 Å². The summed E-state index contributed by atoms with van der Waals surface area (Å²) in [6.07, 6.45) is 5.36. The Morgan fingerprint density at radius 2 is 2.00 bits per heavy atom. The van der Waals surface area contributed by atoms with E-state index in [0.717, 1.165) is 62.8 Å². The molecule has 0 spiro atoms. The van der Waals surface area contributed by atoms with Gasteiger partial charge in [-0.3, -0.25) is 9.48 Å². The fourth-order valence-electron chi connectivity index (χ4n) is 4.33. The number of rotatable bonds is 2. The molecule has 0 bridgehead atoms. The summed E-state index contributed by atoms with van der Waals surface area (Å²) in [7, 11) is 0. The molecule has 26 heavy (non-hydrogen) atoms. The van der Waals surface area contributed by atoms with E-state index in [9.17, 15) is 4.79 Å². The van der Waals surface area contributed by atoms with Crippen LogP contribution in [0.3, 0.4) is 0 Å². The number of ether oxygens (including phenoxy) is 1. The summed E-state index contributed by atoms with van der Waals surface area (Å²) in [5.74, 6) is 2.70. The van der Waals surface area contributed by atoms with Gasteiger partial charge in [0.05, 0.1) is 25.5 Å². The summed E-state index contributed by atoms with van der Waals surface area (Å²) >= 11 is 0. The first kappa shape index (κ1) is 16.0. The number of carbonyl (C=O) groups excluding carboxylic acids is 1. The van der Waals surface area contributed by atoms with Crippen LogP contribution in [0.5, 0.6) is 0 Å². The minimum absolute atomic E-state index is 0.0358. The monoisotopic (exact) mass is 356 g/mol. The zero-order valence-corrected chi connectivity index (χ0v) is 14.9. The lowest BCUT2D eigenvalue weighted by molar-refractivity contribution is 0.0698. The fourth-order valence-corrected chi connectivity index (χ4v) is 4.33. The zero-order valence-electron chi connectivity index (χ0n) is 14.9. The van der Waals surface area contributed by atoms with Gasteiger partial charge in [0.1, 0.15) is 11.6 Å². The van der Waals surface area contributed by atoms with Crippen molar-refractivity contribution in [2.45, 2.75) is 57.7 Å². The highest BCUT2D eigenvalue weighted by atomic mass is 16.5.